The van der Waals surface area contributed by atoms with Gasteiger partial charge in [-0.05, 0) is 6.92 Å². The molecule has 2 aromatic rings. The molecule has 0 unspecified atom stereocenters. The van der Waals surface area contributed by atoms with Crippen LogP contribution < -0.4 is 10.6 Å². The number of hydrogen-bond donors (Lipinski definition) is 0. The van der Waals surface area contributed by atoms with E-state index in [4.69, 9.17) is 11.6 Å². The van der Waals surface area contributed by atoms with E-state index in [9.17, 15) is 4.57 Å². The summed E-state index contributed by atoms with van der Waals surface area (Å²) in [5.74, 6) is 0. The quantitative estimate of drug-likeness (QED) is 0.772. The summed E-state index contributed by atoms with van der Waals surface area (Å²) in [4.78, 5) is 0. The Bertz CT molecular complexity index is 547. The molecule has 1 nitrogen and oxygen atoms in total. The zero-order chi connectivity index (χ0) is 13.0. The van der Waals surface area contributed by atoms with Crippen LogP contribution in [0.1, 0.15) is 6.92 Å². The van der Waals surface area contributed by atoms with Crippen LogP contribution in [0.5, 0.6) is 0 Å². The second-order valence-corrected chi connectivity index (χ2v) is 7.30. The van der Waals surface area contributed by atoms with E-state index >= 15 is 0 Å². The molecule has 0 heterocycles. The van der Waals surface area contributed by atoms with E-state index in [0.29, 0.717) is 4.77 Å². The highest BCUT2D eigenvalue weighted by Crippen LogP contribution is 2.53. The molecule has 0 amide bonds. The average molecular weight is 277 g/mol. The standard InChI is InChI=1S/C15H14ClOP/c1-2-15(16)18(17,13-9-5-3-6-10-13)14-11-7-4-8-12-14/h2-12H,1H3/b15-2+. The molecule has 0 aromatic heterocycles. The molecule has 2 rings (SSSR count). The van der Waals surface area contributed by atoms with Crippen LogP contribution in [-0.4, -0.2) is 0 Å². The molecular formula is C15H14ClOP. The van der Waals surface area contributed by atoms with E-state index in [-0.39, 0.29) is 0 Å². The molecule has 0 atom stereocenters. The zero-order valence-corrected chi connectivity index (χ0v) is 11.7. The Kier molecular flexibility index (Phi) is 4.06. The Morgan fingerprint density at radius 1 is 0.944 bits per heavy atom. The van der Waals surface area contributed by atoms with Gasteiger partial charge in [-0.15, -0.1) is 0 Å². The molecule has 0 saturated heterocycles. The Hall–Kier alpha value is -1.30. The van der Waals surface area contributed by atoms with Crippen LogP contribution in [0.4, 0.5) is 0 Å². The van der Waals surface area contributed by atoms with Crippen molar-refractivity contribution in [2.45, 2.75) is 6.92 Å². The fraction of sp³-hybridized carbons (Fsp3) is 0.0667. The molecule has 0 aliphatic rings. The molecular weight excluding hydrogens is 263 g/mol. The van der Waals surface area contributed by atoms with Crippen LogP contribution in [-0.2, 0) is 4.57 Å². The molecule has 92 valence electrons. The maximum Gasteiger partial charge on any atom is 0.181 e. The lowest BCUT2D eigenvalue weighted by Crippen LogP contribution is -2.15. The van der Waals surface area contributed by atoms with Crippen molar-refractivity contribution in [2.75, 3.05) is 0 Å². The summed E-state index contributed by atoms with van der Waals surface area (Å²) in [5.41, 5.74) is 0. The minimum Gasteiger partial charge on any atom is -0.308 e. The molecule has 0 N–H and O–H groups in total. The second-order valence-electron chi connectivity index (χ2n) is 3.89. The summed E-state index contributed by atoms with van der Waals surface area (Å²) in [5, 5.41) is 1.53. The van der Waals surface area contributed by atoms with Crippen molar-refractivity contribution in [2.24, 2.45) is 0 Å². The predicted molar refractivity (Wildman–Crippen MR) is 79.4 cm³/mol. The maximum absolute atomic E-state index is 13.3. The number of benzene rings is 2. The van der Waals surface area contributed by atoms with Gasteiger partial charge in [-0.25, -0.2) is 0 Å². The Morgan fingerprint density at radius 3 is 1.67 bits per heavy atom. The summed E-state index contributed by atoms with van der Waals surface area (Å²) in [6, 6.07) is 18.8. The second kappa shape index (κ2) is 5.56. The van der Waals surface area contributed by atoms with Crippen molar-refractivity contribution >= 4 is 29.4 Å². The van der Waals surface area contributed by atoms with Crippen LogP contribution in [0.25, 0.3) is 0 Å². The van der Waals surface area contributed by atoms with E-state index in [1.807, 2.05) is 60.7 Å². The van der Waals surface area contributed by atoms with Crippen LogP contribution >= 0.6 is 18.7 Å². The van der Waals surface area contributed by atoms with Gasteiger partial charge in [-0.2, -0.15) is 0 Å². The summed E-state index contributed by atoms with van der Waals surface area (Å²) < 4.78 is 13.7. The first-order chi connectivity index (χ1) is 8.69. The van der Waals surface area contributed by atoms with Gasteiger partial charge in [-0.1, -0.05) is 78.3 Å². The van der Waals surface area contributed by atoms with Crippen molar-refractivity contribution in [1.29, 1.82) is 0 Å². The van der Waals surface area contributed by atoms with Gasteiger partial charge in [0.2, 0.25) is 0 Å². The van der Waals surface area contributed by atoms with Gasteiger partial charge in [0.15, 0.2) is 7.14 Å². The van der Waals surface area contributed by atoms with E-state index in [2.05, 4.69) is 0 Å². The van der Waals surface area contributed by atoms with Crippen molar-refractivity contribution in [3.63, 3.8) is 0 Å². The minimum absolute atomic E-state index is 0.403. The minimum atomic E-state index is -2.89. The summed E-state index contributed by atoms with van der Waals surface area (Å²) >= 11 is 6.24. The van der Waals surface area contributed by atoms with E-state index < -0.39 is 7.14 Å². The van der Waals surface area contributed by atoms with Crippen LogP contribution in [0, 0.1) is 0 Å². The summed E-state index contributed by atoms with van der Waals surface area (Å²) in [6.45, 7) is 1.81. The lowest BCUT2D eigenvalue weighted by Gasteiger charge is -2.18. The number of rotatable bonds is 3. The molecule has 0 bridgehead atoms. The van der Waals surface area contributed by atoms with Crippen LogP contribution in [0.2, 0.25) is 0 Å². The highest BCUT2D eigenvalue weighted by Gasteiger charge is 2.30. The van der Waals surface area contributed by atoms with Crippen molar-refractivity contribution in [1.82, 2.24) is 0 Å². The molecule has 0 saturated carbocycles. The topological polar surface area (TPSA) is 17.1 Å². The number of halogens is 1. The molecule has 0 aliphatic heterocycles. The molecule has 0 fully saturated rings. The molecule has 2 aromatic carbocycles. The molecule has 0 radical (unpaired) electrons. The third kappa shape index (κ3) is 2.29. The number of hydrogen-bond acceptors (Lipinski definition) is 1. The molecule has 3 heteroatoms. The lowest BCUT2D eigenvalue weighted by molar-refractivity contribution is 0.591. The van der Waals surface area contributed by atoms with Gasteiger partial charge in [-0.3, -0.25) is 0 Å². The number of allylic oxidation sites excluding steroid dienone is 1. The van der Waals surface area contributed by atoms with Gasteiger partial charge in [0.1, 0.15) is 0 Å². The first-order valence-electron chi connectivity index (χ1n) is 5.73. The first kappa shape index (κ1) is 13.1. The van der Waals surface area contributed by atoms with E-state index in [1.54, 1.807) is 13.0 Å². The smallest absolute Gasteiger partial charge is 0.181 e. The molecule has 18 heavy (non-hydrogen) atoms. The first-order valence-corrected chi connectivity index (χ1v) is 7.81. The van der Waals surface area contributed by atoms with Gasteiger partial charge >= 0.3 is 0 Å². The van der Waals surface area contributed by atoms with E-state index in [1.165, 1.54) is 0 Å². The van der Waals surface area contributed by atoms with Crippen LogP contribution in [0.3, 0.4) is 0 Å². The van der Waals surface area contributed by atoms with Gasteiger partial charge < -0.3 is 4.57 Å². The van der Waals surface area contributed by atoms with E-state index in [0.717, 1.165) is 10.6 Å². The molecule has 0 aliphatic carbocycles. The molecule has 0 spiro atoms. The SMILES string of the molecule is C/C=C(\Cl)P(=O)(c1ccccc1)c1ccccc1. The fourth-order valence-electron chi connectivity index (χ4n) is 1.85. The zero-order valence-electron chi connectivity index (χ0n) is 10.1. The normalized spacial score (nSPS) is 12.4. The highest BCUT2D eigenvalue weighted by atomic mass is 35.5. The fourth-order valence-corrected chi connectivity index (χ4v) is 4.78. The lowest BCUT2D eigenvalue weighted by atomic mass is 10.4. The Morgan fingerprint density at radius 2 is 1.33 bits per heavy atom. The largest absolute Gasteiger partial charge is 0.308 e. The third-order valence-corrected chi connectivity index (χ3v) is 6.62. The van der Waals surface area contributed by atoms with Crippen molar-refractivity contribution < 1.29 is 4.57 Å². The van der Waals surface area contributed by atoms with Gasteiger partial charge in [0, 0.05) is 10.6 Å². The van der Waals surface area contributed by atoms with Crippen molar-refractivity contribution in [3.8, 4) is 0 Å². The van der Waals surface area contributed by atoms with Gasteiger partial charge in [0.25, 0.3) is 0 Å². The monoisotopic (exact) mass is 276 g/mol. The predicted octanol–water partition coefficient (Wildman–Crippen LogP) is 4.10. The Labute approximate surface area is 112 Å². The summed E-state index contributed by atoms with van der Waals surface area (Å²) in [7, 11) is -2.89. The summed E-state index contributed by atoms with van der Waals surface area (Å²) in [6.07, 6.45) is 1.71. The van der Waals surface area contributed by atoms with Crippen LogP contribution in [0.15, 0.2) is 71.5 Å². The van der Waals surface area contributed by atoms with Gasteiger partial charge in [0.05, 0.1) is 4.77 Å². The Balaban J connectivity index is 2.68. The highest BCUT2D eigenvalue weighted by molar-refractivity contribution is 7.84. The average Bonchev–Trinajstić information content (AvgIpc) is 2.47. The van der Waals surface area contributed by atoms with Crippen molar-refractivity contribution in [3.05, 3.63) is 71.5 Å². The third-order valence-electron chi connectivity index (χ3n) is 2.78. The maximum atomic E-state index is 13.3.